The Kier molecular flexibility index (Phi) is 3.11. The van der Waals surface area contributed by atoms with E-state index in [1.807, 2.05) is 0 Å². The standard InChI is InChI=1S/C7H6BrClFN3/c8-4-1-3(9)2-5(10)6(4)13-7(11)12/h1-2H,(H4,11,12,13). The Labute approximate surface area is 87.7 Å². The monoisotopic (exact) mass is 265 g/mol. The summed E-state index contributed by atoms with van der Waals surface area (Å²) in [6.45, 7) is 0. The predicted molar refractivity (Wildman–Crippen MR) is 54.6 cm³/mol. The van der Waals surface area contributed by atoms with Crippen molar-refractivity contribution in [2.75, 3.05) is 5.32 Å². The van der Waals surface area contributed by atoms with Gasteiger partial charge in [-0.1, -0.05) is 11.6 Å². The first kappa shape index (κ1) is 10.3. The van der Waals surface area contributed by atoms with Crippen LogP contribution in [0.5, 0.6) is 0 Å². The average molecular weight is 267 g/mol. The number of halogens is 3. The zero-order chi connectivity index (χ0) is 10.0. The zero-order valence-electron chi connectivity index (χ0n) is 6.37. The van der Waals surface area contributed by atoms with Crippen molar-refractivity contribution in [2.45, 2.75) is 0 Å². The van der Waals surface area contributed by atoms with Gasteiger partial charge >= 0.3 is 0 Å². The van der Waals surface area contributed by atoms with E-state index in [0.29, 0.717) is 4.47 Å². The molecule has 13 heavy (non-hydrogen) atoms. The number of rotatable bonds is 1. The average Bonchev–Trinajstić information content (AvgIpc) is 1.96. The lowest BCUT2D eigenvalue weighted by molar-refractivity contribution is 0.631. The summed E-state index contributed by atoms with van der Waals surface area (Å²) in [5.74, 6) is -0.892. The van der Waals surface area contributed by atoms with E-state index in [0.717, 1.165) is 6.07 Å². The minimum Gasteiger partial charge on any atom is -0.370 e. The normalized spacial score (nSPS) is 9.77. The maximum absolute atomic E-state index is 13.1. The molecule has 1 rings (SSSR count). The number of benzene rings is 1. The Morgan fingerprint density at radius 3 is 2.69 bits per heavy atom. The predicted octanol–water partition coefficient (Wildman–Crippen LogP) is 2.55. The highest BCUT2D eigenvalue weighted by molar-refractivity contribution is 9.10. The van der Waals surface area contributed by atoms with Gasteiger partial charge in [0.1, 0.15) is 5.82 Å². The van der Waals surface area contributed by atoms with Crippen LogP contribution in [0.25, 0.3) is 0 Å². The molecule has 0 atom stereocenters. The molecule has 0 aromatic heterocycles. The van der Waals surface area contributed by atoms with Crippen LogP contribution in [-0.4, -0.2) is 5.96 Å². The van der Waals surface area contributed by atoms with Gasteiger partial charge < -0.3 is 11.1 Å². The topological polar surface area (TPSA) is 61.9 Å². The van der Waals surface area contributed by atoms with Crippen molar-refractivity contribution in [3.63, 3.8) is 0 Å². The molecule has 0 fully saturated rings. The molecule has 0 unspecified atom stereocenters. The molecule has 0 radical (unpaired) electrons. The fourth-order valence-electron chi connectivity index (χ4n) is 0.796. The summed E-state index contributed by atoms with van der Waals surface area (Å²) in [4.78, 5) is 0. The van der Waals surface area contributed by atoms with Crippen LogP contribution in [-0.2, 0) is 0 Å². The summed E-state index contributed by atoms with van der Waals surface area (Å²) < 4.78 is 13.6. The van der Waals surface area contributed by atoms with Crippen LogP contribution in [0.15, 0.2) is 16.6 Å². The molecule has 0 aliphatic rings. The minimum absolute atomic E-state index is 0.108. The number of hydrogen-bond donors (Lipinski definition) is 3. The fourth-order valence-corrected chi connectivity index (χ4v) is 1.67. The molecule has 4 N–H and O–H groups in total. The van der Waals surface area contributed by atoms with E-state index in [1.165, 1.54) is 6.07 Å². The van der Waals surface area contributed by atoms with Gasteiger partial charge in [0, 0.05) is 9.50 Å². The highest BCUT2D eigenvalue weighted by Gasteiger charge is 2.08. The van der Waals surface area contributed by atoms with Crippen molar-refractivity contribution in [1.82, 2.24) is 0 Å². The smallest absolute Gasteiger partial charge is 0.190 e. The van der Waals surface area contributed by atoms with Gasteiger partial charge in [0.2, 0.25) is 0 Å². The second kappa shape index (κ2) is 3.93. The van der Waals surface area contributed by atoms with Gasteiger partial charge in [0.15, 0.2) is 5.96 Å². The highest BCUT2D eigenvalue weighted by Crippen LogP contribution is 2.28. The van der Waals surface area contributed by atoms with Gasteiger partial charge in [-0.3, -0.25) is 5.41 Å². The number of nitrogens with two attached hydrogens (primary N) is 1. The Balaban J connectivity index is 3.13. The van der Waals surface area contributed by atoms with Crippen LogP contribution < -0.4 is 11.1 Å². The van der Waals surface area contributed by atoms with E-state index in [4.69, 9.17) is 22.7 Å². The van der Waals surface area contributed by atoms with Crippen LogP contribution in [0.2, 0.25) is 5.02 Å². The first-order valence-corrected chi connectivity index (χ1v) is 4.43. The molecule has 1 aromatic rings. The zero-order valence-corrected chi connectivity index (χ0v) is 8.71. The summed E-state index contributed by atoms with van der Waals surface area (Å²) in [5, 5.41) is 9.55. The summed E-state index contributed by atoms with van der Waals surface area (Å²) in [7, 11) is 0. The van der Waals surface area contributed by atoms with Gasteiger partial charge in [-0.2, -0.15) is 0 Å². The molecule has 0 aliphatic heterocycles. The number of nitrogens with one attached hydrogen (secondary N) is 2. The molecule has 0 aliphatic carbocycles. The van der Waals surface area contributed by atoms with Gasteiger partial charge in [-0.05, 0) is 28.1 Å². The van der Waals surface area contributed by atoms with Crippen LogP contribution in [0.3, 0.4) is 0 Å². The summed E-state index contributed by atoms with van der Waals surface area (Å²) in [5.41, 5.74) is 5.16. The lowest BCUT2D eigenvalue weighted by atomic mass is 10.3. The van der Waals surface area contributed by atoms with Crippen LogP contribution >= 0.6 is 27.5 Å². The van der Waals surface area contributed by atoms with Gasteiger partial charge in [-0.15, -0.1) is 0 Å². The summed E-state index contributed by atoms with van der Waals surface area (Å²) >= 11 is 8.66. The molecule has 0 amide bonds. The molecular formula is C7H6BrClFN3. The van der Waals surface area contributed by atoms with Crippen molar-refractivity contribution in [3.8, 4) is 0 Å². The molecule has 0 bridgehead atoms. The first-order chi connectivity index (χ1) is 6.00. The van der Waals surface area contributed by atoms with E-state index in [1.54, 1.807) is 0 Å². The van der Waals surface area contributed by atoms with Crippen LogP contribution in [0.4, 0.5) is 10.1 Å². The third-order valence-electron chi connectivity index (χ3n) is 1.27. The third-order valence-corrected chi connectivity index (χ3v) is 2.11. The molecule has 0 heterocycles. The quantitative estimate of drug-likeness (QED) is 0.540. The van der Waals surface area contributed by atoms with Gasteiger partial charge in [-0.25, -0.2) is 4.39 Å². The molecule has 1 aromatic carbocycles. The maximum Gasteiger partial charge on any atom is 0.190 e. The molecular weight excluding hydrogens is 260 g/mol. The van der Waals surface area contributed by atoms with E-state index in [-0.39, 0.29) is 16.7 Å². The van der Waals surface area contributed by atoms with Gasteiger partial charge in [0.05, 0.1) is 5.69 Å². The minimum atomic E-state index is -0.561. The van der Waals surface area contributed by atoms with E-state index in [2.05, 4.69) is 21.2 Å². The molecule has 0 saturated heterocycles. The molecule has 70 valence electrons. The number of guanidine groups is 1. The Morgan fingerprint density at radius 1 is 1.62 bits per heavy atom. The van der Waals surface area contributed by atoms with Crippen molar-refractivity contribution < 1.29 is 4.39 Å². The molecule has 0 saturated carbocycles. The molecule has 6 heteroatoms. The molecule has 3 nitrogen and oxygen atoms in total. The van der Waals surface area contributed by atoms with E-state index in [9.17, 15) is 4.39 Å². The molecule has 0 spiro atoms. The lowest BCUT2D eigenvalue weighted by Gasteiger charge is -2.07. The second-order valence-corrected chi connectivity index (χ2v) is 3.57. The van der Waals surface area contributed by atoms with Crippen molar-refractivity contribution in [1.29, 1.82) is 5.41 Å². The number of hydrogen-bond acceptors (Lipinski definition) is 1. The van der Waals surface area contributed by atoms with Gasteiger partial charge in [0.25, 0.3) is 0 Å². The Bertz CT molecular complexity index is 333. The number of anilines is 1. The summed E-state index contributed by atoms with van der Waals surface area (Å²) in [6, 6.07) is 2.65. The third kappa shape index (κ3) is 2.57. The van der Waals surface area contributed by atoms with Crippen LogP contribution in [0, 0.1) is 11.2 Å². The lowest BCUT2D eigenvalue weighted by Crippen LogP contribution is -2.21. The highest BCUT2D eigenvalue weighted by atomic mass is 79.9. The van der Waals surface area contributed by atoms with Crippen molar-refractivity contribution in [3.05, 3.63) is 27.4 Å². The Morgan fingerprint density at radius 2 is 2.23 bits per heavy atom. The first-order valence-electron chi connectivity index (χ1n) is 3.26. The SMILES string of the molecule is N=C(N)Nc1c(F)cc(Cl)cc1Br. The Hall–Kier alpha value is -0.810. The maximum atomic E-state index is 13.1. The summed E-state index contributed by atoms with van der Waals surface area (Å²) in [6.07, 6.45) is 0. The largest absolute Gasteiger partial charge is 0.370 e. The van der Waals surface area contributed by atoms with Crippen LogP contribution in [0.1, 0.15) is 0 Å². The van der Waals surface area contributed by atoms with E-state index >= 15 is 0 Å². The van der Waals surface area contributed by atoms with Crippen molar-refractivity contribution >= 4 is 39.2 Å². The van der Waals surface area contributed by atoms with Crippen molar-refractivity contribution in [2.24, 2.45) is 5.73 Å². The second-order valence-electron chi connectivity index (χ2n) is 2.28. The fraction of sp³-hybridized carbons (Fsp3) is 0. The van der Waals surface area contributed by atoms with E-state index < -0.39 is 5.82 Å².